The van der Waals surface area contributed by atoms with Gasteiger partial charge in [0.2, 0.25) is 0 Å². The van der Waals surface area contributed by atoms with Gasteiger partial charge in [0.15, 0.2) is 11.5 Å². The van der Waals surface area contributed by atoms with E-state index >= 15 is 0 Å². The Morgan fingerprint density at radius 3 is 1.95 bits per heavy atom. The normalized spacial score (nSPS) is 17.6. The molecular formula is C14H20O4S. The highest BCUT2D eigenvalue weighted by Crippen LogP contribution is 2.46. The molecule has 0 amide bonds. The van der Waals surface area contributed by atoms with Gasteiger partial charge in [-0.15, -0.1) is 8.42 Å². The molecule has 0 bridgehead atoms. The second-order valence-electron chi connectivity index (χ2n) is 6.93. The number of benzene rings is 1. The van der Waals surface area contributed by atoms with Gasteiger partial charge in [0.25, 0.3) is 0 Å². The Labute approximate surface area is 115 Å². The van der Waals surface area contributed by atoms with E-state index in [4.69, 9.17) is 8.37 Å². The lowest BCUT2D eigenvalue weighted by molar-refractivity contribution is 0.433. The molecule has 2 rings (SSSR count). The van der Waals surface area contributed by atoms with E-state index in [1.807, 2.05) is 26.8 Å². The molecule has 1 heterocycles. The standard InChI is InChI=1S/C14H20O4S/c1-13(2,3)9-7-10(14(4,5)6)12-11(8-9)17-19(15,16)18-12/h7-8H,1-6H3. The van der Waals surface area contributed by atoms with Gasteiger partial charge >= 0.3 is 10.4 Å². The summed E-state index contributed by atoms with van der Waals surface area (Å²) in [5.74, 6) is 0.609. The van der Waals surface area contributed by atoms with Crippen LogP contribution in [0.1, 0.15) is 52.7 Å². The fourth-order valence-electron chi connectivity index (χ4n) is 1.97. The van der Waals surface area contributed by atoms with E-state index in [0.717, 1.165) is 11.1 Å². The number of hydrogen-bond donors (Lipinski definition) is 0. The van der Waals surface area contributed by atoms with Gasteiger partial charge in [-0.2, -0.15) is 0 Å². The van der Waals surface area contributed by atoms with Crippen LogP contribution in [0, 0.1) is 0 Å². The van der Waals surface area contributed by atoms with Gasteiger partial charge in [-0.25, -0.2) is 0 Å². The van der Waals surface area contributed by atoms with Crippen molar-refractivity contribution < 1.29 is 16.8 Å². The van der Waals surface area contributed by atoms with Gasteiger partial charge in [0, 0.05) is 5.56 Å². The molecule has 0 aromatic heterocycles. The van der Waals surface area contributed by atoms with Crippen molar-refractivity contribution in [1.82, 2.24) is 0 Å². The lowest BCUT2D eigenvalue weighted by atomic mass is 9.80. The Morgan fingerprint density at radius 1 is 0.895 bits per heavy atom. The molecule has 0 fully saturated rings. The van der Waals surface area contributed by atoms with Crippen LogP contribution in [0.2, 0.25) is 0 Å². The third kappa shape index (κ3) is 2.71. The summed E-state index contributed by atoms with van der Waals surface area (Å²) >= 11 is 0. The van der Waals surface area contributed by atoms with Crippen LogP contribution in [0.15, 0.2) is 12.1 Å². The molecule has 0 saturated carbocycles. The van der Waals surface area contributed by atoms with E-state index in [1.54, 1.807) is 6.07 Å². The van der Waals surface area contributed by atoms with Crippen LogP contribution in [0.4, 0.5) is 0 Å². The monoisotopic (exact) mass is 284 g/mol. The molecule has 0 aliphatic carbocycles. The van der Waals surface area contributed by atoms with Gasteiger partial charge in [-0.3, -0.25) is 0 Å². The van der Waals surface area contributed by atoms with Crippen LogP contribution in [-0.2, 0) is 21.2 Å². The predicted molar refractivity (Wildman–Crippen MR) is 74.0 cm³/mol. The maximum absolute atomic E-state index is 11.5. The summed E-state index contributed by atoms with van der Waals surface area (Å²) < 4.78 is 32.9. The molecule has 1 aliphatic rings. The zero-order chi connectivity index (χ0) is 14.6. The fourth-order valence-corrected chi connectivity index (χ4v) is 2.72. The molecule has 5 heteroatoms. The minimum Gasteiger partial charge on any atom is -0.349 e. The molecule has 0 unspecified atom stereocenters. The smallest absolute Gasteiger partial charge is 0.349 e. The molecule has 0 atom stereocenters. The Bertz CT molecular complexity index is 616. The van der Waals surface area contributed by atoms with E-state index in [-0.39, 0.29) is 16.6 Å². The van der Waals surface area contributed by atoms with Gasteiger partial charge in [-0.1, -0.05) is 47.6 Å². The summed E-state index contributed by atoms with van der Waals surface area (Å²) in [7, 11) is -3.95. The van der Waals surface area contributed by atoms with Crippen molar-refractivity contribution in [3.05, 3.63) is 23.3 Å². The first kappa shape index (κ1) is 14.2. The van der Waals surface area contributed by atoms with Crippen molar-refractivity contribution in [2.75, 3.05) is 0 Å². The van der Waals surface area contributed by atoms with Gasteiger partial charge < -0.3 is 8.37 Å². The highest BCUT2D eigenvalue weighted by Gasteiger charge is 2.36. The third-order valence-electron chi connectivity index (χ3n) is 3.11. The summed E-state index contributed by atoms with van der Waals surface area (Å²) in [5, 5.41) is 0. The molecule has 4 nitrogen and oxygen atoms in total. The van der Waals surface area contributed by atoms with Crippen molar-refractivity contribution in [3.8, 4) is 11.5 Å². The molecule has 106 valence electrons. The predicted octanol–water partition coefficient (Wildman–Crippen LogP) is 3.30. The highest BCUT2D eigenvalue weighted by molar-refractivity contribution is 7.82. The first-order valence-corrected chi connectivity index (χ1v) is 7.56. The van der Waals surface area contributed by atoms with Crippen LogP contribution >= 0.6 is 0 Å². The second kappa shape index (κ2) is 3.88. The summed E-state index contributed by atoms with van der Waals surface area (Å²) in [6.07, 6.45) is 0. The van der Waals surface area contributed by atoms with Crippen molar-refractivity contribution in [2.45, 2.75) is 52.4 Å². The zero-order valence-electron chi connectivity index (χ0n) is 12.2. The van der Waals surface area contributed by atoms with E-state index in [1.165, 1.54) is 0 Å². The molecular weight excluding hydrogens is 264 g/mol. The van der Waals surface area contributed by atoms with E-state index in [0.29, 0.717) is 5.75 Å². The lowest BCUT2D eigenvalue weighted by Gasteiger charge is -2.25. The molecule has 0 saturated heterocycles. The summed E-state index contributed by atoms with van der Waals surface area (Å²) in [6.45, 7) is 12.3. The molecule has 1 aromatic rings. The minimum absolute atomic E-state index is 0.0925. The maximum Gasteiger partial charge on any atom is 0.501 e. The maximum atomic E-state index is 11.5. The summed E-state index contributed by atoms with van der Waals surface area (Å²) in [6, 6.07) is 3.75. The van der Waals surface area contributed by atoms with Gasteiger partial charge in [0.05, 0.1) is 0 Å². The molecule has 1 aromatic carbocycles. The van der Waals surface area contributed by atoms with Crippen molar-refractivity contribution in [2.24, 2.45) is 0 Å². The Balaban J connectivity index is 2.71. The zero-order valence-corrected chi connectivity index (χ0v) is 13.0. The van der Waals surface area contributed by atoms with Crippen LogP contribution in [0.5, 0.6) is 11.5 Å². The lowest BCUT2D eigenvalue weighted by Crippen LogP contribution is -2.17. The molecule has 0 N–H and O–H groups in total. The first-order valence-electron chi connectivity index (χ1n) is 6.23. The average molecular weight is 284 g/mol. The number of rotatable bonds is 0. The Morgan fingerprint density at radius 2 is 1.47 bits per heavy atom. The quantitative estimate of drug-likeness (QED) is 0.733. The van der Waals surface area contributed by atoms with E-state index in [2.05, 4.69) is 20.8 Å². The van der Waals surface area contributed by atoms with Crippen LogP contribution < -0.4 is 8.37 Å². The van der Waals surface area contributed by atoms with Crippen molar-refractivity contribution >= 4 is 10.4 Å². The number of fused-ring (bicyclic) bond motifs is 1. The van der Waals surface area contributed by atoms with Gasteiger partial charge in [-0.05, 0) is 22.5 Å². The minimum atomic E-state index is -3.95. The van der Waals surface area contributed by atoms with Gasteiger partial charge in [0.1, 0.15) is 0 Å². The first-order chi connectivity index (χ1) is 8.40. The largest absolute Gasteiger partial charge is 0.501 e. The van der Waals surface area contributed by atoms with Crippen LogP contribution in [0.25, 0.3) is 0 Å². The van der Waals surface area contributed by atoms with Crippen LogP contribution in [0.3, 0.4) is 0 Å². The highest BCUT2D eigenvalue weighted by atomic mass is 32.3. The SMILES string of the molecule is CC(C)(C)c1cc2c(c(C(C)(C)C)c1)OS(=O)(=O)O2. The van der Waals surface area contributed by atoms with E-state index in [9.17, 15) is 8.42 Å². The molecule has 19 heavy (non-hydrogen) atoms. The van der Waals surface area contributed by atoms with E-state index < -0.39 is 10.4 Å². The molecule has 0 spiro atoms. The van der Waals surface area contributed by atoms with Crippen molar-refractivity contribution in [1.29, 1.82) is 0 Å². The Kier molecular flexibility index (Phi) is 2.90. The summed E-state index contributed by atoms with van der Waals surface area (Å²) in [4.78, 5) is 0. The molecule has 1 aliphatic heterocycles. The van der Waals surface area contributed by atoms with Crippen molar-refractivity contribution in [3.63, 3.8) is 0 Å². The number of hydrogen-bond acceptors (Lipinski definition) is 4. The van der Waals surface area contributed by atoms with Crippen LogP contribution in [-0.4, -0.2) is 8.42 Å². The topological polar surface area (TPSA) is 52.6 Å². The average Bonchev–Trinajstić information content (AvgIpc) is 2.46. The Hall–Kier alpha value is -1.23. The third-order valence-corrected chi connectivity index (χ3v) is 3.86. The molecule has 0 radical (unpaired) electrons. The second-order valence-corrected chi connectivity index (χ2v) is 8.08. The summed E-state index contributed by atoms with van der Waals surface area (Å²) in [5.41, 5.74) is 1.55. The fraction of sp³-hybridized carbons (Fsp3) is 0.571.